The van der Waals surface area contributed by atoms with Gasteiger partial charge < -0.3 is 4.42 Å². The average molecular weight is 546 g/mol. The Morgan fingerprint density at radius 1 is 1.16 bits per heavy atom. The van der Waals surface area contributed by atoms with Crippen LogP contribution in [0.25, 0.3) is 10.2 Å². The zero-order valence-electron chi connectivity index (χ0n) is 20.3. The lowest BCUT2D eigenvalue weighted by atomic mass is 9.96. The van der Waals surface area contributed by atoms with Crippen LogP contribution in [0.3, 0.4) is 0 Å². The second-order valence-corrected chi connectivity index (χ2v) is 12.1. The third-order valence-corrected chi connectivity index (χ3v) is 9.46. The predicted octanol–water partition coefficient (Wildman–Crippen LogP) is 5.42. The summed E-state index contributed by atoms with van der Waals surface area (Å²) in [7, 11) is -4.24. The van der Waals surface area contributed by atoms with Gasteiger partial charge in [-0.3, -0.25) is 9.69 Å². The number of carbonyl (C=O) groups excluding carboxylic acids is 1. The van der Waals surface area contributed by atoms with Crippen LogP contribution in [0.4, 0.5) is 13.9 Å². The number of fused-ring (bicyclic) bond motifs is 1. The van der Waals surface area contributed by atoms with Gasteiger partial charge in [-0.15, -0.1) is 0 Å². The van der Waals surface area contributed by atoms with Gasteiger partial charge in [0, 0.05) is 19.0 Å². The molecule has 0 radical (unpaired) electrons. The van der Waals surface area contributed by atoms with E-state index in [1.165, 1.54) is 11.3 Å². The number of nitrogens with zero attached hydrogens (tertiary/aromatic N) is 3. The molecule has 0 spiro atoms. The zero-order chi connectivity index (χ0) is 26.3. The fourth-order valence-corrected chi connectivity index (χ4v) is 7.34. The molecule has 4 aromatic rings. The summed E-state index contributed by atoms with van der Waals surface area (Å²) in [5.41, 5.74) is 2.96. The number of anilines is 1. The highest BCUT2D eigenvalue weighted by atomic mass is 32.2. The summed E-state index contributed by atoms with van der Waals surface area (Å²) in [5.74, 6) is -1.89. The molecule has 194 valence electrons. The maximum Gasteiger partial charge on any atom is 0.246 e. The summed E-state index contributed by atoms with van der Waals surface area (Å²) >= 11 is 1.42. The Morgan fingerprint density at radius 2 is 1.92 bits per heavy atom. The summed E-state index contributed by atoms with van der Waals surface area (Å²) in [5, 5.41) is 0.544. The molecule has 3 heterocycles. The van der Waals surface area contributed by atoms with E-state index in [1.807, 2.05) is 26.0 Å². The third-order valence-electron chi connectivity index (χ3n) is 6.52. The van der Waals surface area contributed by atoms with Gasteiger partial charge in [0.05, 0.1) is 23.0 Å². The standard InChI is InChI=1S/C26H25F2N3O4S2/c1-16-12-17(2)24-22(13-16)36-26(29-24)31(15-20-4-3-11-35-20)25(32)18-7-9-30(10-8-18)37(33,34)23-14-19(27)5-6-21(23)28/h3-6,11-14,18H,7-10,15H2,1-2H3. The van der Waals surface area contributed by atoms with Crippen molar-refractivity contribution in [3.05, 3.63) is 77.2 Å². The van der Waals surface area contributed by atoms with E-state index in [0.717, 1.165) is 37.8 Å². The van der Waals surface area contributed by atoms with Gasteiger partial charge in [0.1, 0.15) is 22.3 Å². The highest BCUT2D eigenvalue weighted by Crippen LogP contribution is 2.35. The first kappa shape index (κ1) is 25.5. The Hall–Kier alpha value is -3.15. The smallest absolute Gasteiger partial charge is 0.246 e. The summed E-state index contributed by atoms with van der Waals surface area (Å²) in [6.07, 6.45) is 2.03. The number of benzene rings is 2. The van der Waals surface area contributed by atoms with E-state index in [4.69, 9.17) is 9.40 Å². The number of hydrogen-bond donors (Lipinski definition) is 0. The number of rotatable bonds is 6. The third kappa shape index (κ3) is 5.03. The maximum absolute atomic E-state index is 14.2. The zero-order valence-corrected chi connectivity index (χ0v) is 21.9. The highest BCUT2D eigenvalue weighted by Gasteiger charge is 2.36. The summed E-state index contributed by atoms with van der Waals surface area (Å²) < 4.78 is 61.3. The van der Waals surface area contributed by atoms with Crippen molar-refractivity contribution in [1.29, 1.82) is 0 Å². The van der Waals surface area contributed by atoms with Crippen LogP contribution < -0.4 is 4.90 Å². The fraction of sp³-hybridized carbons (Fsp3) is 0.308. The predicted molar refractivity (Wildman–Crippen MR) is 137 cm³/mol. The molecule has 1 aliphatic heterocycles. The number of sulfonamides is 1. The topological polar surface area (TPSA) is 83.7 Å². The molecule has 1 amide bonds. The first-order valence-corrected chi connectivity index (χ1v) is 14.1. The van der Waals surface area contributed by atoms with E-state index in [2.05, 4.69) is 0 Å². The van der Waals surface area contributed by atoms with E-state index in [1.54, 1.807) is 23.3 Å². The molecule has 5 rings (SSSR count). The first-order chi connectivity index (χ1) is 17.6. The van der Waals surface area contributed by atoms with Crippen molar-refractivity contribution in [2.24, 2.45) is 5.92 Å². The number of furan rings is 1. The minimum atomic E-state index is -4.24. The molecule has 1 aliphatic rings. The molecule has 11 heteroatoms. The van der Waals surface area contributed by atoms with E-state index >= 15 is 0 Å². The van der Waals surface area contributed by atoms with Crippen molar-refractivity contribution >= 4 is 42.6 Å². The molecular weight excluding hydrogens is 520 g/mol. The van der Waals surface area contributed by atoms with E-state index in [-0.39, 0.29) is 38.4 Å². The van der Waals surface area contributed by atoms with Gasteiger partial charge in [-0.05, 0) is 74.2 Å². The molecule has 0 aliphatic carbocycles. The number of aryl methyl sites for hydroxylation is 2. The number of carbonyl (C=O) groups is 1. The largest absolute Gasteiger partial charge is 0.467 e. The van der Waals surface area contributed by atoms with Gasteiger partial charge >= 0.3 is 0 Å². The summed E-state index contributed by atoms with van der Waals surface area (Å²) in [6.45, 7) is 4.21. The van der Waals surface area contributed by atoms with Gasteiger partial charge in [0.15, 0.2) is 5.13 Å². The highest BCUT2D eigenvalue weighted by molar-refractivity contribution is 7.89. The van der Waals surface area contributed by atoms with Crippen molar-refractivity contribution < 1.29 is 26.4 Å². The molecule has 37 heavy (non-hydrogen) atoms. The molecule has 1 fully saturated rings. The fourth-order valence-electron chi connectivity index (χ4n) is 4.65. The SMILES string of the molecule is Cc1cc(C)c2nc(N(Cc3ccco3)C(=O)C3CCN(S(=O)(=O)c4cc(F)ccc4F)CC3)sc2c1. The normalized spacial score (nSPS) is 15.4. The van der Waals surface area contributed by atoms with Gasteiger partial charge in [0.2, 0.25) is 15.9 Å². The molecule has 7 nitrogen and oxygen atoms in total. The molecule has 2 aromatic carbocycles. The van der Waals surface area contributed by atoms with Crippen LogP contribution in [-0.2, 0) is 21.4 Å². The number of piperidine rings is 1. The quantitative estimate of drug-likeness (QED) is 0.323. The lowest BCUT2D eigenvalue weighted by Gasteiger charge is -2.32. The lowest BCUT2D eigenvalue weighted by Crippen LogP contribution is -2.44. The van der Waals surface area contributed by atoms with E-state index < -0.39 is 32.5 Å². The van der Waals surface area contributed by atoms with Crippen molar-refractivity contribution in [3.63, 3.8) is 0 Å². The Balaban J connectivity index is 1.39. The Labute approximate surface area is 217 Å². The molecule has 0 N–H and O–H groups in total. The lowest BCUT2D eigenvalue weighted by molar-refractivity contribution is -0.123. The Kier molecular flexibility index (Phi) is 6.86. The molecule has 1 saturated heterocycles. The van der Waals surface area contributed by atoms with Gasteiger partial charge in [0.25, 0.3) is 0 Å². The summed E-state index contributed by atoms with van der Waals surface area (Å²) in [6, 6.07) is 9.97. The van der Waals surface area contributed by atoms with Gasteiger partial charge in [-0.1, -0.05) is 17.4 Å². The molecule has 0 atom stereocenters. The number of amides is 1. The molecule has 0 unspecified atom stereocenters. The van der Waals surface area contributed by atoms with Crippen LogP contribution >= 0.6 is 11.3 Å². The number of aromatic nitrogens is 1. The van der Waals surface area contributed by atoms with Crippen molar-refractivity contribution in [2.75, 3.05) is 18.0 Å². The molecule has 2 aromatic heterocycles. The second-order valence-electron chi connectivity index (χ2n) is 9.18. The van der Waals surface area contributed by atoms with Crippen LogP contribution in [0, 0.1) is 31.4 Å². The number of thiazole rings is 1. The van der Waals surface area contributed by atoms with Gasteiger partial charge in [-0.25, -0.2) is 22.2 Å². The van der Waals surface area contributed by atoms with Crippen LogP contribution in [0.1, 0.15) is 29.7 Å². The second kappa shape index (κ2) is 9.96. The Morgan fingerprint density at radius 3 is 2.62 bits per heavy atom. The van der Waals surface area contributed by atoms with E-state index in [0.29, 0.717) is 17.0 Å². The maximum atomic E-state index is 14.2. The summed E-state index contributed by atoms with van der Waals surface area (Å²) in [4.78, 5) is 19.4. The van der Waals surface area contributed by atoms with E-state index in [9.17, 15) is 22.0 Å². The molecule has 0 bridgehead atoms. The molecule has 0 saturated carbocycles. The monoisotopic (exact) mass is 545 g/mol. The van der Waals surface area contributed by atoms with Crippen molar-refractivity contribution in [3.8, 4) is 0 Å². The first-order valence-electron chi connectivity index (χ1n) is 11.8. The van der Waals surface area contributed by atoms with Crippen molar-refractivity contribution in [1.82, 2.24) is 9.29 Å². The van der Waals surface area contributed by atoms with Crippen LogP contribution in [0.2, 0.25) is 0 Å². The van der Waals surface area contributed by atoms with Crippen LogP contribution in [-0.4, -0.2) is 36.7 Å². The molecular formula is C26H25F2N3O4S2. The number of hydrogen-bond acceptors (Lipinski definition) is 6. The minimum absolute atomic E-state index is 0.0153. The van der Waals surface area contributed by atoms with Crippen molar-refractivity contribution in [2.45, 2.75) is 38.1 Å². The van der Waals surface area contributed by atoms with Crippen LogP contribution in [0.5, 0.6) is 0 Å². The van der Waals surface area contributed by atoms with Crippen LogP contribution in [0.15, 0.2) is 58.0 Å². The minimum Gasteiger partial charge on any atom is -0.467 e. The average Bonchev–Trinajstić information content (AvgIpc) is 3.53. The van der Waals surface area contributed by atoms with Gasteiger partial charge in [-0.2, -0.15) is 4.31 Å². The number of halogens is 2. The Bertz CT molecular complexity index is 1560.